The Morgan fingerprint density at radius 2 is 1.84 bits per heavy atom. The molecule has 0 saturated carbocycles. The van der Waals surface area contributed by atoms with Crippen LogP contribution >= 0.6 is 11.8 Å². The highest BCUT2D eigenvalue weighted by molar-refractivity contribution is 7.99. The van der Waals surface area contributed by atoms with Crippen LogP contribution in [0.4, 0.5) is 5.69 Å². The van der Waals surface area contributed by atoms with Gasteiger partial charge in [-0.15, -0.1) is 5.10 Å². The molecule has 0 spiro atoms. The van der Waals surface area contributed by atoms with E-state index in [1.165, 1.54) is 11.8 Å². The quantitative estimate of drug-likeness (QED) is 0.398. The first kappa shape index (κ1) is 21.4. The Morgan fingerprint density at radius 3 is 2.62 bits per heavy atom. The first-order valence-electron chi connectivity index (χ1n) is 9.81. The van der Waals surface area contributed by atoms with Gasteiger partial charge in [0, 0.05) is 5.69 Å². The fraction of sp³-hybridized carbons (Fsp3) is 0.130. The lowest BCUT2D eigenvalue weighted by Crippen LogP contribution is -2.14. The monoisotopic (exact) mass is 447 g/mol. The predicted molar refractivity (Wildman–Crippen MR) is 123 cm³/mol. The fourth-order valence-corrected chi connectivity index (χ4v) is 3.66. The minimum atomic E-state index is -0.170. The average Bonchev–Trinajstić information content (AvgIpc) is 3.27. The maximum atomic E-state index is 12.4. The van der Waals surface area contributed by atoms with Crippen LogP contribution < -0.4 is 14.8 Å². The molecule has 4 aromatic rings. The number of ether oxygens (including phenoxy) is 2. The zero-order valence-electron chi connectivity index (χ0n) is 17.6. The van der Waals surface area contributed by atoms with Crippen LogP contribution in [0.1, 0.15) is 5.56 Å². The Morgan fingerprint density at radius 1 is 1.03 bits per heavy atom. The largest absolute Gasteiger partial charge is 0.494 e. The van der Waals surface area contributed by atoms with Crippen LogP contribution in [0.3, 0.4) is 0 Å². The molecule has 162 valence electrons. The highest BCUT2D eigenvalue weighted by Crippen LogP contribution is 2.26. The van der Waals surface area contributed by atoms with Crippen molar-refractivity contribution in [1.29, 1.82) is 0 Å². The Hall–Kier alpha value is -3.85. The van der Waals surface area contributed by atoms with Gasteiger partial charge in [0.05, 0.1) is 12.9 Å². The van der Waals surface area contributed by atoms with Crippen LogP contribution in [0.2, 0.25) is 0 Å². The van der Waals surface area contributed by atoms with Crippen molar-refractivity contribution >= 4 is 23.4 Å². The van der Waals surface area contributed by atoms with Crippen molar-refractivity contribution in [2.75, 3.05) is 18.2 Å². The number of nitrogens with one attached hydrogen (secondary N) is 1. The third-order valence-electron chi connectivity index (χ3n) is 4.45. The number of anilines is 1. The maximum Gasteiger partial charge on any atom is 0.234 e. The molecule has 9 heteroatoms. The smallest absolute Gasteiger partial charge is 0.234 e. The Balaban J connectivity index is 1.35. The second kappa shape index (κ2) is 9.97. The maximum absolute atomic E-state index is 12.4. The molecule has 0 fully saturated rings. The number of hydrogen-bond acceptors (Lipinski definition) is 7. The minimum absolute atomic E-state index is 0.150. The number of aryl methyl sites for hydroxylation is 1. The first-order valence-corrected chi connectivity index (χ1v) is 10.8. The molecule has 1 aromatic heterocycles. The standard InChI is InChI=1S/C23H21N5O3S/c1-16-6-5-7-19(14-16)31-18-12-10-17(11-13-18)24-22(29)15-32-23-25-26-27-28(23)20-8-3-4-9-21(20)30-2/h3-14H,15H2,1-2H3,(H,24,29). The summed E-state index contributed by atoms with van der Waals surface area (Å²) in [6.45, 7) is 2.01. The van der Waals surface area contributed by atoms with Gasteiger partial charge < -0.3 is 14.8 Å². The molecule has 0 radical (unpaired) electrons. The summed E-state index contributed by atoms with van der Waals surface area (Å²) in [6, 6.07) is 22.4. The molecule has 1 amide bonds. The zero-order chi connectivity index (χ0) is 22.3. The van der Waals surface area contributed by atoms with Crippen molar-refractivity contribution in [2.24, 2.45) is 0 Å². The van der Waals surface area contributed by atoms with Crippen molar-refractivity contribution in [2.45, 2.75) is 12.1 Å². The number of nitrogens with zero attached hydrogens (tertiary/aromatic N) is 4. The van der Waals surface area contributed by atoms with Gasteiger partial charge in [-0.3, -0.25) is 4.79 Å². The minimum Gasteiger partial charge on any atom is -0.494 e. The van der Waals surface area contributed by atoms with Crippen LogP contribution in [0, 0.1) is 6.92 Å². The number of carbonyl (C=O) groups excluding carboxylic acids is 1. The van der Waals surface area contributed by atoms with E-state index in [1.54, 1.807) is 23.9 Å². The van der Waals surface area contributed by atoms with Gasteiger partial charge in [-0.2, -0.15) is 4.68 Å². The lowest BCUT2D eigenvalue weighted by Gasteiger charge is -2.10. The van der Waals surface area contributed by atoms with Gasteiger partial charge in [-0.05, 0) is 71.4 Å². The molecule has 1 heterocycles. The highest BCUT2D eigenvalue weighted by atomic mass is 32.2. The number of para-hydroxylation sites is 2. The Bertz CT molecular complexity index is 1210. The molecule has 0 unspecified atom stereocenters. The van der Waals surface area contributed by atoms with Gasteiger partial charge in [-0.1, -0.05) is 36.0 Å². The number of tetrazole rings is 1. The van der Waals surface area contributed by atoms with Crippen molar-refractivity contribution < 1.29 is 14.3 Å². The summed E-state index contributed by atoms with van der Waals surface area (Å²) in [4.78, 5) is 12.4. The molecular formula is C23H21N5O3S. The summed E-state index contributed by atoms with van der Waals surface area (Å²) in [6.07, 6.45) is 0. The van der Waals surface area contributed by atoms with E-state index in [4.69, 9.17) is 9.47 Å². The van der Waals surface area contributed by atoms with Gasteiger partial charge in [0.1, 0.15) is 22.9 Å². The second-order valence-electron chi connectivity index (χ2n) is 6.82. The lowest BCUT2D eigenvalue weighted by molar-refractivity contribution is -0.113. The van der Waals surface area contributed by atoms with Crippen LogP contribution in [0.5, 0.6) is 17.2 Å². The van der Waals surface area contributed by atoms with Crippen LogP contribution in [0.25, 0.3) is 5.69 Å². The number of thioether (sulfide) groups is 1. The molecule has 0 atom stereocenters. The van der Waals surface area contributed by atoms with E-state index in [9.17, 15) is 4.79 Å². The highest BCUT2D eigenvalue weighted by Gasteiger charge is 2.14. The van der Waals surface area contributed by atoms with E-state index in [0.29, 0.717) is 28.0 Å². The predicted octanol–water partition coefficient (Wildman–Crippen LogP) is 4.50. The molecule has 3 aromatic carbocycles. The van der Waals surface area contributed by atoms with E-state index in [1.807, 2.05) is 67.6 Å². The second-order valence-corrected chi connectivity index (χ2v) is 7.77. The molecule has 0 saturated heterocycles. The Kier molecular flexibility index (Phi) is 6.66. The van der Waals surface area contributed by atoms with Crippen molar-refractivity contribution in [1.82, 2.24) is 20.2 Å². The average molecular weight is 448 g/mol. The SMILES string of the molecule is COc1ccccc1-n1nnnc1SCC(=O)Nc1ccc(Oc2cccc(C)c2)cc1. The molecular weight excluding hydrogens is 426 g/mol. The molecule has 0 bridgehead atoms. The number of rotatable bonds is 8. The van der Waals surface area contributed by atoms with E-state index in [0.717, 1.165) is 11.3 Å². The number of methoxy groups -OCH3 is 1. The van der Waals surface area contributed by atoms with Gasteiger partial charge in [0.2, 0.25) is 11.1 Å². The van der Waals surface area contributed by atoms with Gasteiger partial charge in [-0.25, -0.2) is 0 Å². The molecule has 4 rings (SSSR count). The third-order valence-corrected chi connectivity index (χ3v) is 5.37. The van der Waals surface area contributed by atoms with Crippen molar-refractivity contribution in [3.05, 3.63) is 78.4 Å². The third kappa shape index (κ3) is 5.25. The van der Waals surface area contributed by atoms with Gasteiger partial charge in [0.25, 0.3) is 0 Å². The summed E-state index contributed by atoms with van der Waals surface area (Å²) in [5.41, 5.74) is 2.50. The lowest BCUT2D eigenvalue weighted by atomic mass is 10.2. The molecule has 1 N–H and O–H groups in total. The number of benzene rings is 3. The van der Waals surface area contributed by atoms with Gasteiger partial charge in [0.15, 0.2) is 0 Å². The van der Waals surface area contributed by atoms with E-state index in [2.05, 4.69) is 20.8 Å². The summed E-state index contributed by atoms with van der Waals surface area (Å²) in [7, 11) is 1.58. The summed E-state index contributed by atoms with van der Waals surface area (Å²) in [5.74, 6) is 2.08. The molecule has 8 nitrogen and oxygen atoms in total. The van der Waals surface area contributed by atoms with Crippen LogP contribution in [0.15, 0.2) is 78.0 Å². The van der Waals surface area contributed by atoms with E-state index in [-0.39, 0.29) is 11.7 Å². The molecule has 32 heavy (non-hydrogen) atoms. The van der Waals surface area contributed by atoms with E-state index < -0.39 is 0 Å². The Labute approximate surface area is 189 Å². The number of amides is 1. The molecule has 0 aliphatic carbocycles. The van der Waals surface area contributed by atoms with Crippen LogP contribution in [-0.2, 0) is 4.79 Å². The fourth-order valence-electron chi connectivity index (χ4n) is 2.97. The topological polar surface area (TPSA) is 91.2 Å². The molecule has 0 aliphatic rings. The number of aromatic nitrogens is 4. The van der Waals surface area contributed by atoms with Gasteiger partial charge >= 0.3 is 0 Å². The van der Waals surface area contributed by atoms with E-state index >= 15 is 0 Å². The molecule has 0 aliphatic heterocycles. The summed E-state index contributed by atoms with van der Waals surface area (Å²) in [5, 5.41) is 15.1. The first-order chi connectivity index (χ1) is 15.6. The number of hydrogen-bond donors (Lipinski definition) is 1. The van der Waals surface area contributed by atoms with Crippen LogP contribution in [-0.4, -0.2) is 39.0 Å². The zero-order valence-corrected chi connectivity index (χ0v) is 18.4. The normalized spacial score (nSPS) is 10.6. The van der Waals surface area contributed by atoms with Crippen molar-refractivity contribution in [3.8, 4) is 22.9 Å². The summed E-state index contributed by atoms with van der Waals surface area (Å²) < 4.78 is 12.8. The number of carbonyl (C=O) groups is 1. The summed E-state index contributed by atoms with van der Waals surface area (Å²) >= 11 is 1.24. The van der Waals surface area contributed by atoms with Crippen molar-refractivity contribution in [3.63, 3.8) is 0 Å².